The van der Waals surface area contributed by atoms with E-state index in [4.69, 9.17) is 4.42 Å². The molecule has 1 atom stereocenters. The second-order valence-electron chi connectivity index (χ2n) is 8.59. The van der Waals surface area contributed by atoms with Crippen LogP contribution in [-0.4, -0.2) is 28.9 Å². The molecule has 0 aliphatic carbocycles. The van der Waals surface area contributed by atoms with Gasteiger partial charge in [0.2, 0.25) is 11.8 Å². The van der Waals surface area contributed by atoms with Crippen molar-refractivity contribution in [2.75, 3.05) is 10.2 Å². The number of amides is 4. The van der Waals surface area contributed by atoms with Crippen LogP contribution in [0.15, 0.2) is 118 Å². The van der Waals surface area contributed by atoms with Crippen LogP contribution in [0.25, 0.3) is 6.08 Å². The fraction of sp³-hybridized carbons (Fsp3) is 0.0667. The first kappa shape index (κ1) is 25.7. The van der Waals surface area contributed by atoms with E-state index in [-0.39, 0.29) is 23.9 Å². The Hall–Kier alpha value is -4.89. The van der Waals surface area contributed by atoms with Crippen molar-refractivity contribution in [3.63, 3.8) is 0 Å². The molecule has 2 heterocycles. The Bertz CT molecular complexity index is 1520. The molecule has 1 saturated heterocycles. The van der Waals surface area contributed by atoms with Crippen LogP contribution >= 0.6 is 11.8 Å². The first-order valence-electron chi connectivity index (χ1n) is 12.1. The summed E-state index contributed by atoms with van der Waals surface area (Å²) < 4.78 is 5.32. The van der Waals surface area contributed by atoms with Gasteiger partial charge in [-0.05, 0) is 60.7 Å². The Morgan fingerprint density at radius 3 is 2.23 bits per heavy atom. The number of hydrogen-bond acceptors (Lipinski definition) is 6. The molecule has 8 nitrogen and oxygen atoms in total. The van der Waals surface area contributed by atoms with Crippen LogP contribution in [0.3, 0.4) is 0 Å². The highest BCUT2D eigenvalue weighted by Gasteiger charge is 2.40. The molecule has 0 spiro atoms. The molecule has 4 aromatic rings. The number of furan rings is 1. The summed E-state index contributed by atoms with van der Waals surface area (Å²) in [7, 11) is 0. The number of carbonyl (C=O) groups excluding carboxylic acids is 4. The predicted octanol–water partition coefficient (Wildman–Crippen LogP) is 5.11. The van der Waals surface area contributed by atoms with Gasteiger partial charge in [-0.3, -0.25) is 19.2 Å². The summed E-state index contributed by atoms with van der Waals surface area (Å²) in [5.74, 6) is -1.06. The van der Waals surface area contributed by atoms with Crippen LogP contribution < -0.4 is 15.5 Å². The maximum atomic E-state index is 13.1. The highest BCUT2D eigenvalue weighted by molar-refractivity contribution is 8.00. The summed E-state index contributed by atoms with van der Waals surface area (Å²) in [6, 6.07) is 27.7. The molecule has 2 N–H and O–H groups in total. The molecule has 0 bridgehead atoms. The van der Waals surface area contributed by atoms with Crippen LogP contribution in [0.4, 0.5) is 11.4 Å². The van der Waals surface area contributed by atoms with Gasteiger partial charge in [-0.25, -0.2) is 4.90 Å². The van der Waals surface area contributed by atoms with Crippen molar-refractivity contribution in [2.45, 2.75) is 16.6 Å². The zero-order valence-electron chi connectivity index (χ0n) is 20.6. The van der Waals surface area contributed by atoms with Crippen molar-refractivity contribution >= 4 is 52.8 Å². The summed E-state index contributed by atoms with van der Waals surface area (Å²) in [6.45, 7) is 0. The van der Waals surface area contributed by atoms with Crippen molar-refractivity contribution in [3.8, 4) is 0 Å². The number of benzene rings is 3. The zero-order chi connectivity index (χ0) is 27.2. The van der Waals surface area contributed by atoms with Crippen LogP contribution in [0, 0.1) is 0 Å². The second-order valence-corrected chi connectivity index (χ2v) is 9.86. The van der Waals surface area contributed by atoms with Gasteiger partial charge >= 0.3 is 0 Å². The first-order valence-corrected chi connectivity index (χ1v) is 13.0. The van der Waals surface area contributed by atoms with E-state index in [9.17, 15) is 19.2 Å². The third kappa shape index (κ3) is 6.16. The number of carbonyl (C=O) groups is 4. The summed E-state index contributed by atoms with van der Waals surface area (Å²) in [5.41, 5.74) is 1.46. The topological polar surface area (TPSA) is 109 Å². The molecule has 9 heteroatoms. The van der Waals surface area contributed by atoms with Crippen molar-refractivity contribution in [2.24, 2.45) is 0 Å². The number of imide groups is 1. The zero-order valence-corrected chi connectivity index (χ0v) is 21.4. The number of anilines is 2. The van der Waals surface area contributed by atoms with Gasteiger partial charge in [0.05, 0.1) is 17.2 Å². The molecule has 1 unspecified atom stereocenters. The molecule has 0 saturated carbocycles. The standard InChI is InChI=1S/C30H23N3O5S/c34-27-19-26(30(37)33(27)22-10-5-2-6-11-22)39-24-15-13-21(14-16-24)31-29(36)25(18-23-12-7-17-38-23)32-28(35)20-8-3-1-4-9-20/h1-18,26H,19H2,(H,31,36)(H,32,35)/b25-18-. The van der Waals surface area contributed by atoms with E-state index in [1.165, 1.54) is 29.0 Å². The van der Waals surface area contributed by atoms with Gasteiger partial charge in [0.15, 0.2) is 0 Å². The normalized spacial score (nSPS) is 15.3. The summed E-state index contributed by atoms with van der Waals surface area (Å²) in [4.78, 5) is 53.2. The third-order valence-electron chi connectivity index (χ3n) is 5.87. The van der Waals surface area contributed by atoms with Crippen LogP contribution in [0.5, 0.6) is 0 Å². The van der Waals surface area contributed by atoms with E-state index in [2.05, 4.69) is 10.6 Å². The van der Waals surface area contributed by atoms with E-state index in [0.717, 1.165) is 4.90 Å². The lowest BCUT2D eigenvalue weighted by Crippen LogP contribution is -2.31. The lowest BCUT2D eigenvalue weighted by molar-refractivity contribution is -0.121. The van der Waals surface area contributed by atoms with Crippen LogP contribution in [0.2, 0.25) is 0 Å². The molecule has 194 valence electrons. The molecule has 5 rings (SSSR count). The summed E-state index contributed by atoms with van der Waals surface area (Å²) in [5, 5.41) is 4.89. The van der Waals surface area contributed by atoms with Crippen molar-refractivity contribution < 1.29 is 23.6 Å². The van der Waals surface area contributed by atoms with E-state index >= 15 is 0 Å². The number of hydrogen-bond donors (Lipinski definition) is 2. The molecule has 0 radical (unpaired) electrons. The second kappa shape index (κ2) is 11.7. The summed E-state index contributed by atoms with van der Waals surface area (Å²) >= 11 is 1.30. The monoisotopic (exact) mass is 537 g/mol. The highest BCUT2D eigenvalue weighted by atomic mass is 32.2. The molecule has 1 aliphatic rings. The molecule has 1 aliphatic heterocycles. The minimum atomic E-state index is -0.536. The van der Waals surface area contributed by atoms with E-state index in [1.54, 1.807) is 91.0 Å². The van der Waals surface area contributed by atoms with E-state index < -0.39 is 17.1 Å². The molecular weight excluding hydrogens is 514 g/mol. The number of rotatable bonds is 8. The lowest BCUT2D eigenvalue weighted by atomic mass is 10.2. The van der Waals surface area contributed by atoms with Gasteiger partial charge in [0, 0.05) is 28.6 Å². The minimum absolute atomic E-state index is 0.00771. The number of nitrogens with zero attached hydrogens (tertiary/aromatic N) is 1. The maximum absolute atomic E-state index is 13.1. The van der Waals surface area contributed by atoms with Crippen LogP contribution in [-0.2, 0) is 14.4 Å². The van der Waals surface area contributed by atoms with Gasteiger partial charge in [-0.15, -0.1) is 11.8 Å². The molecule has 1 aromatic heterocycles. The Labute approximate surface area is 228 Å². The van der Waals surface area contributed by atoms with Gasteiger partial charge in [-0.2, -0.15) is 0 Å². The van der Waals surface area contributed by atoms with Gasteiger partial charge in [0.25, 0.3) is 11.8 Å². The molecule has 4 amide bonds. The first-order chi connectivity index (χ1) is 19.0. The van der Waals surface area contributed by atoms with E-state index in [0.29, 0.717) is 22.7 Å². The average molecular weight is 538 g/mol. The average Bonchev–Trinajstić information content (AvgIpc) is 3.57. The fourth-order valence-corrected chi connectivity index (χ4v) is 5.04. The van der Waals surface area contributed by atoms with Crippen molar-refractivity contribution in [3.05, 3.63) is 120 Å². The quantitative estimate of drug-likeness (QED) is 0.239. The molecule has 39 heavy (non-hydrogen) atoms. The van der Waals surface area contributed by atoms with Gasteiger partial charge < -0.3 is 15.1 Å². The fourth-order valence-electron chi connectivity index (χ4n) is 3.98. The summed E-state index contributed by atoms with van der Waals surface area (Å²) in [6.07, 6.45) is 3.03. The molecule has 1 fully saturated rings. The van der Waals surface area contributed by atoms with Gasteiger partial charge in [0.1, 0.15) is 11.5 Å². The SMILES string of the molecule is O=C(Nc1ccc(SC2CC(=O)N(c3ccccc3)C2=O)cc1)/C(=C/c1ccco1)NC(=O)c1ccccc1. The van der Waals surface area contributed by atoms with Crippen LogP contribution in [0.1, 0.15) is 22.5 Å². The Kier molecular flexibility index (Phi) is 7.70. The van der Waals surface area contributed by atoms with Gasteiger partial charge in [-0.1, -0.05) is 36.4 Å². The molecule has 3 aromatic carbocycles. The highest BCUT2D eigenvalue weighted by Crippen LogP contribution is 2.34. The predicted molar refractivity (Wildman–Crippen MR) is 149 cm³/mol. The lowest BCUT2D eigenvalue weighted by Gasteiger charge is -2.15. The maximum Gasteiger partial charge on any atom is 0.272 e. The van der Waals surface area contributed by atoms with E-state index in [1.807, 2.05) is 6.07 Å². The van der Waals surface area contributed by atoms with Crippen molar-refractivity contribution in [1.29, 1.82) is 0 Å². The smallest absolute Gasteiger partial charge is 0.272 e. The third-order valence-corrected chi connectivity index (χ3v) is 7.07. The minimum Gasteiger partial charge on any atom is -0.465 e. The van der Waals surface area contributed by atoms with Crippen molar-refractivity contribution in [1.82, 2.24) is 5.32 Å². The Morgan fingerprint density at radius 2 is 1.56 bits per heavy atom. The largest absolute Gasteiger partial charge is 0.465 e. The number of thioether (sulfide) groups is 1. The molecular formula is C30H23N3O5S. The number of para-hydroxylation sites is 1. The Morgan fingerprint density at radius 1 is 0.872 bits per heavy atom. The number of nitrogens with one attached hydrogen (secondary N) is 2. The Balaban J connectivity index is 1.25.